The molecule has 0 aliphatic rings. The maximum absolute atomic E-state index is 12.2. The van der Waals surface area contributed by atoms with E-state index in [-0.39, 0.29) is 17.7 Å². The standard InChI is InChI=1S/C19H23N5O3S3/c1-9(2)13(24-18(26)27-19(3,4)5)17-23-12(8-30-17)16-22-11(7-29-16)15-21-10(6-28-15)14(20)25/h6-9,13H,1-5H3,(H2,20,25)(H,24,26)/t13-/m0/s1. The van der Waals surface area contributed by atoms with E-state index in [4.69, 9.17) is 15.5 Å². The molecule has 160 valence electrons. The number of nitrogens with zero attached hydrogens (tertiary/aromatic N) is 3. The highest BCUT2D eigenvalue weighted by molar-refractivity contribution is 7.16. The van der Waals surface area contributed by atoms with E-state index in [0.717, 1.165) is 15.7 Å². The van der Waals surface area contributed by atoms with Gasteiger partial charge >= 0.3 is 6.09 Å². The third kappa shape index (κ3) is 5.41. The number of nitrogens with one attached hydrogen (secondary N) is 1. The van der Waals surface area contributed by atoms with Crippen molar-refractivity contribution in [2.75, 3.05) is 0 Å². The van der Waals surface area contributed by atoms with Crippen LogP contribution in [0.4, 0.5) is 4.79 Å². The van der Waals surface area contributed by atoms with Crippen molar-refractivity contribution in [2.24, 2.45) is 11.7 Å². The zero-order chi connectivity index (χ0) is 22.1. The van der Waals surface area contributed by atoms with Crippen molar-refractivity contribution in [3.05, 3.63) is 26.8 Å². The van der Waals surface area contributed by atoms with E-state index in [1.54, 1.807) is 5.38 Å². The number of ether oxygens (including phenoxy) is 1. The summed E-state index contributed by atoms with van der Waals surface area (Å²) >= 11 is 4.22. The molecule has 0 bridgehead atoms. The number of alkyl carbamates (subject to hydrolysis) is 1. The van der Waals surface area contributed by atoms with Gasteiger partial charge in [-0.1, -0.05) is 13.8 Å². The van der Waals surface area contributed by atoms with Gasteiger partial charge < -0.3 is 15.8 Å². The van der Waals surface area contributed by atoms with Crippen molar-refractivity contribution in [2.45, 2.75) is 46.3 Å². The molecule has 0 aliphatic carbocycles. The van der Waals surface area contributed by atoms with Crippen LogP contribution in [0, 0.1) is 5.92 Å². The van der Waals surface area contributed by atoms with Crippen LogP contribution in [0.25, 0.3) is 21.4 Å². The van der Waals surface area contributed by atoms with E-state index in [1.807, 2.05) is 45.4 Å². The van der Waals surface area contributed by atoms with Crippen LogP contribution in [0.3, 0.4) is 0 Å². The first-order valence-electron chi connectivity index (χ1n) is 9.20. The number of amides is 2. The first-order chi connectivity index (χ1) is 14.0. The lowest BCUT2D eigenvalue weighted by Crippen LogP contribution is -2.36. The summed E-state index contributed by atoms with van der Waals surface area (Å²) in [5.41, 5.74) is 6.33. The molecular formula is C19H23N5O3S3. The summed E-state index contributed by atoms with van der Waals surface area (Å²) in [6, 6.07) is -0.268. The summed E-state index contributed by atoms with van der Waals surface area (Å²) in [5, 5.41) is 10.5. The molecular weight excluding hydrogens is 442 g/mol. The molecule has 8 nitrogen and oxygen atoms in total. The van der Waals surface area contributed by atoms with Gasteiger partial charge in [0.15, 0.2) is 0 Å². The summed E-state index contributed by atoms with van der Waals surface area (Å²) in [5.74, 6) is -0.430. The number of carbonyl (C=O) groups excluding carboxylic acids is 2. The predicted molar refractivity (Wildman–Crippen MR) is 120 cm³/mol. The average Bonchev–Trinajstić information content (AvgIpc) is 3.36. The monoisotopic (exact) mass is 465 g/mol. The van der Waals surface area contributed by atoms with Crippen molar-refractivity contribution in [3.63, 3.8) is 0 Å². The molecule has 0 aromatic carbocycles. The highest BCUT2D eigenvalue weighted by atomic mass is 32.1. The molecule has 0 saturated heterocycles. The van der Waals surface area contributed by atoms with Crippen LogP contribution in [-0.4, -0.2) is 32.6 Å². The van der Waals surface area contributed by atoms with Crippen LogP contribution in [-0.2, 0) is 4.74 Å². The minimum atomic E-state index is -0.568. The van der Waals surface area contributed by atoms with Gasteiger partial charge in [0.25, 0.3) is 5.91 Å². The van der Waals surface area contributed by atoms with Gasteiger partial charge in [0, 0.05) is 16.1 Å². The van der Waals surface area contributed by atoms with Crippen LogP contribution in [0.15, 0.2) is 16.1 Å². The van der Waals surface area contributed by atoms with Gasteiger partial charge in [0.05, 0.1) is 6.04 Å². The summed E-state index contributed by atoms with van der Waals surface area (Å²) in [6.45, 7) is 9.51. The number of nitrogens with two attached hydrogens (primary N) is 1. The van der Waals surface area contributed by atoms with E-state index in [0.29, 0.717) is 10.7 Å². The molecule has 0 unspecified atom stereocenters. The van der Waals surface area contributed by atoms with Crippen LogP contribution in [0.5, 0.6) is 0 Å². The zero-order valence-electron chi connectivity index (χ0n) is 17.3. The number of thiazole rings is 3. The minimum absolute atomic E-state index is 0.130. The Bertz CT molecular complexity index is 1050. The fourth-order valence-electron chi connectivity index (χ4n) is 2.47. The van der Waals surface area contributed by atoms with Gasteiger partial charge in [-0.05, 0) is 26.7 Å². The molecule has 3 heterocycles. The highest BCUT2D eigenvalue weighted by Gasteiger charge is 2.25. The van der Waals surface area contributed by atoms with Gasteiger partial charge in [0.1, 0.15) is 37.7 Å². The fraction of sp³-hybridized carbons (Fsp3) is 0.421. The molecule has 3 rings (SSSR count). The Morgan fingerprint density at radius 2 is 1.60 bits per heavy atom. The smallest absolute Gasteiger partial charge is 0.408 e. The molecule has 3 N–H and O–H groups in total. The molecule has 0 saturated carbocycles. The summed E-state index contributed by atoms with van der Waals surface area (Å²) in [6.07, 6.45) is -0.469. The molecule has 30 heavy (non-hydrogen) atoms. The second-order valence-corrected chi connectivity index (χ2v) is 10.5. The quantitative estimate of drug-likeness (QED) is 0.544. The number of hydrogen-bond donors (Lipinski definition) is 2. The van der Waals surface area contributed by atoms with E-state index in [1.165, 1.54) is 34.0 Å². The Hall–Kier alpha value is -2.37. The number of carbonyl (C=O) groups is 2. The maximum atomic E-state index is 12.2. The topological polar surface area (TPSA) is 120 Å². The molecule has 0 aliphatic heterocycles. The van der Waals surface area contributed by atoms with E-state index in [2.05, 4.69) is 15.3 Å². The summed E-state index contributed by atoms with van der Waals surface area (Å²) in [7, 11) is 0. The van der Waals surface area contributed by atoms with Gasteiger partial charge in [0.2, 0.25) is 0 Å². The summed E-state index contributed by atoms with van der Waals surface area (Å²) in [4.78, 5) is 37.0. The molecule has 2 amide bonds. The van der Waals surface area contributed by atoms with Crippen LogP contribution >= 0.6 is 34.0 Å². The van der Waals surface area contributed by atoms with Gasteiger partial charge in [-0.15, -0.1) is 34.0 Å². The zero-order valence-corrected chi connectivity index (χ0v) is 19.7. The van der Waals surface area contributed by atoms with E-state index < -0.39 is 17.6 Å². The molecule has 0 fully saturated rings. The van der Waals surface area contributed by atoms with Gasteiger partial charge in [-0.3, -0.25) is 4.79 Å². The Balaban J connectivity index is 1.78. The van der Waals surface area contributed by atoms with Crippen LogP contribution in [0.1, 0.15) is 56.2 Å². The fourth-order valence-corrected chi connectivity index (χ4v) is 5.18. The third-order valence-electron chi connectivity index (χ3n) is 3.83. The van der Waals surface area contributed by atoms with E-state index in [9.17, 15) is 9.59 Å². The van der Waals surface area contributed by atoms with Crippen molar-refractivity contribution in [3.8, 4) is 21.4 Å². The van der Waals surface area contributed by atoms with Crippen LogP contribution in [0.2, 0.25) is 0 Å². The van der Waals surface area contributed by atoms with Crippen molar-refractivity contribution in [1.82, 2.24) is 20.3 Å². The van der Waals surface area contributed by atoms with Gasteiger partial charge in [-0.2, -0.15) is 0 Å². The Labute approximate surface area is 186 Å². The molecule has 1 atom stereocenters. The lowest BCUT2D eigenvalue weighted by Gasteiger charge is -2.24. The SMILES string of the molecule is CC(C)[C@H](NC(=O)OC(C)(C)C)c1nc(-c2nc(-c3nc(C(N)=O)cs3)cs2)cs1. The van der Waals surface area contributed by atoms with Crippen molar-refractivity contribution < 1.29 is 14.3 Å². The maximum Gasteiger partial charge on any atom is 0.408 e. The number of primary amides is 1. The minimum Gasteiger partial charge on any atom is -0.444 e. The molecule has 11 heteroatoms. The highest BCUT2D eigenvalue weighted by Crippen LogP contribution is 2.33. The second kappa shape index (κ2) is 8.78. The Morgan fingerprint density at radius 3 is 2.20 bits per heavy atom. The largest absolute Gasteiger partial charge is 0.444 e. The normalized spacial score (nSPS) is 12.7. The lowest BCUT2D eigenvalue weighted by molar-refractivity contribution is 0.0489. The first kappa shape index (κ1) is 22.3. The number of aromatic nitrogens is 3. The molecule has 0 radical (unpaired) electrons. The number of rotatable bonds is 6. The lowest BCUT2D eigenvalue weighted by atomic mass is 10.1. The van der Waals surface area contributed by atoms with Crippen LogP contribution < -0.4 is 11.1 Å². The first-order valence-corrected chi connectivity index (χ1v) is 11.8. The molecule has 0 spiro atoms. The third-order valence-corrected chi connectivity index (χ3v) is 6.48. The second-order valence-electron chi connectivity index (χ2n) is 7.88. The Kier molecular flexibility index (Phi) is 6.53. The molecule has 3 aromatic heterocycles. The van der Waals surface area contributed by atoms with Crippen molar-refractivity contribution in [1.29, 1.82) is 0 Å². The van der Waals surface area contributed by atoms with Crippen molar-refractivity contribution >= 4 is 46.0 Å². The summed E-state index contributed by atoms with van der Waals surface area (Å²) < 4.78 is 5.38. The predicted octanol–water partition coefficient (Wildman–Crippen LogP) is 4.71. The molecule has 3 aromatic rings. The Morgan fingerprint density at radius 1 is 1.00 bits per heavy atom. The van der Waals surface area contributed by atoms with Gasteiger partial charge in [-0.25, -0.2) is 19.7 Å². The average molecular weight is 466 g/mol. The number of hydrogen-bond acceptors (Lipinski definition) is 9. The van der Waals surface area contributed by atoms with E-state index >= 15 is 0 Å².